The maximum absolute atomic E-state index is 5.98. The van der Waals surface area contributed by atoms with Gasteiger partial charge in [-0.15, -0.1) is 0 Å². The fourth-order valence-corrected chi connectivity index (χ4v) is 2.53. The first-order chi connectivity index (χ1) is 7.96. The summed E-state index contributed by atoms with van der Waals surface area (Å²) in [5.41, 5.74) is 5.95. The van der Waals surface area contributed by atoms with Gasteiger partial charge in [0.25, 0.3) is 0 Å². The fourth-order valence-electron chi connectivity index (χ4n) is 2.53. The number of hydrogen-bond donors (Lipinski definition) is 1. The van der Waals surface area contributed by atoms with Crippen LogP contribution in [0.25, 0.3) is 0 Å². The molecule has 0 spiro atoms. The van der Waals surface area contributed by atoms with Crippen molar-refractivity contribution in [1.29, 1.82) is 0 Å². The Labute approximate surface area is 105 Å². The normalized spacial score (nSPS) is 29.8. The van der Waals surface area contributed by atoms with Crippen molar-refractivity contribution in [2.45, 2.75) is 39.0 Å². The summed E-state index contributed by atoms with van der Waals surface area (Å²) in [6.07, 6.45) is 0.644. The summed E-state index contributed by atoms with van der Waals surface area (Å²) < 4.78 is 10.6. The molecule has 3 unspecified atom stereocenters. The van der Waals surface area contributed by atoms with Crippen molar-refractivity contribution in [3.8, 4) is 0 Å². The number of nitrogens with zero attached hydrogens (tertiary/aromatic N) is 1. The summed E-state index contributed by atoms with van der Waals surface area (Å²) in [4.78, 5) is 2.49. The van der Waals surface area contributed by atoms with Crippen LogP contribution in [0.5, 0.6) is 0 Å². The zero-order valence-electron chi connectivity index (χ0n) is 11.9. The van der Waals surface area contributed by atoms with Crippen LogP contribution >= 0.6 is 0 Å². The lowest BCUT2D eigenvalue weighted by molar-refractivity contribution is -0.127. The van der Waals surface area contributed by atoms with E-state index in [-0.39, 0.29) is 11.8 Å². The zero-order valence-corrected chi connectivity index (χ0v) is 11.9. The van der Waals surface area contributed by atoms with Crippen molar-refractivity contribution in [3.63, 3.8) is 0 Å². The van der Waals surface area contributed by atoms with Crippen LogP contribution in [0.4, 0.5) is 0 Å². The Hall–Kier alpha value is -0.160. The highest BCUT2D eigenvalue weighted by molar-refractivity contribution is 4.94. The summed E-state index contributed by atoms with van der Waals surface area (Å²) in [5, 5.41) is 0. The number of ether oxygens (including phenoxy) is 2. The van der Waals surface area contributed by atoms with Crippen molar-refractivity contribution < 1.29 is 9.47 Å². The topological polar surface area (TPSA) is 47.7 Å². The van der Waals surface area contributed by atoms with Gasteiger partial charge in [-0.05, 0) is 18.8 Å². The third kappa shape index (κ3) is 3.41. The molecule has 1 rings (SSSR count). The molecule has 0 radical (unpaired) electrons. The number of hydrogen-bond acceptors (Lipinski definition) is 4. The van der Waals surface area contributed by atoms with E-state index in [4.69, 9.17) is 15.2 Å². The average Bonchev–Trinajstić information content (AvgIpc) is 2.67. The second-order valence-corrected chi connectivity index (χ2v) is 5.67. The van der Waals surface area contributed by atoms with Crippen molar-refractivity contribution in [2.75, 3.05) is 33.9 Å². The molecule has 4 nitrogen and oxygen atoms in total. The first-order valence-electron chi connectivity index (χ1n) is 6.47. The van der Waals surface area contributed by atoms with Crippen molar-refractivity contribution in [1.82, 2.24) is 4.90 Å². The number of rotatable bonds is 6. The Bertz CT molecular complexity index is 223. The summed E-state index contributed by atoms with van der Waals surface area (Å²) >= 11 is 0. The lowest BCUT2D eigenvalue weighted by Gasteiger charge is -2.40. The third-order valence-corrected chi connectivity index (χ3v) is 4.32. The molecule has 0 amide bonds. The second kappa shape index (κ2) is 6.14. The van der Waals surface area contributed by atoms with Gasteiger partial charge in [0.05, 0.1) is 0 Å². The zero-order chi connectivity index (χ0) is 13.1. The lowest BCUT2D eigenvalue weighted by atomic mass is 9.95. The van der Waals surface area contributed by atoms with E-state index in [0.29, 0.717) is 6.54 Å². The molecule has 0 aromatic rings. The van der Waals surface area contributed by atoms with Gasteiger partial charge in [-0.1, -0.05) is 13.8 Å². The van der Waals surface area contributed by atoms with Crippen LogP contribution in [-0.4, -0.2) is 50.6 Å². The predicted molar refractivity (Wildman–Crippen MR) is 69.8 cm³/mol. The van der Waals surface area contributed by atoms with E-state index in [0.717, 1.165) is 31.3 Å². The van der Waals surface area contributed by atoms with E-state index < -0.39 is 0 Å². The van der Waals surface area contributed by atoms with Gasteiger partial charge in [-0.3, -0.25) is 4.90 Å². The molecule has 0 aromatic heterocycles. The molecule has 1 saturated heterocycles. The van der Waals surface area contributed by atoms with E-state index in [2.05, 4.69) is 25.7 Å². The smallest absolute Gasteiger partial charge is 0.158 e. The molecular weight excluding hydrogens is 216 g/mol. The Morgan fingerprint density at radius 3 is 2.06 bits per heavy atom. The molecule has 1 aliphatic heterocycles. The quantitative estimate of drug-likeness (QED) is 0.716. The summed E-state index contributed by atoms with van der Waals surface area (Å²) in [6, 6.07) is 0. The molecule has 1 aliphatic rings. The van der Waals surface area contributed by atoms with E-state index >= 15 is 0 Å². The van der Waals surface area contributed by atoms with Crippen LogP contribution in [0.15, 0.2) is 0 Å². The van der Waals surface area contributed by atoms with Crippen LogP contribution in [0.1, 0.15) is 27.2 Å². The highest BCUT2D eigenvalue weighted by atomic mass is 16.7. The van der Waals surface area contributed by atoms with Gasteiger partial charge in [-0.25, -0.2) is 0 Å². The van der Waals surface area contributed by atoms with E-state index in [1.807, 2.05) is 0 Å². The maximum atomic E-state index is 5.98. The van der Waals surface area contributed by atoms with Crippen LogP contribution < -0.4 is 5.73 Å². The molecule has 1 heterocycles. The minimum atomic E-state index is -0.172. The average molecular weight is 244 g/mol. The van der Waals surface area contributed by atoms with E-state index in [1.54, 1.807) is 14.2 Å². The standard InChI is InChI=1S/C13H28N2O2/c1-10-7-15(8-11(10)2)13(3,9-14)6-12(16-4)17-5/h10-12H,6-9,14H2,1-5H3. The van der Waals surface area contributed by atoms with Crippen molar-refractivity contribution in [2.24, 2.45) is 17.6 Å². The fraction of sp³-hybridized carbons (Fsp3) is 1.00. The Balaban J connectivity index is 2.68. The predicted octanol–water partition coefficient (Wildman–Crippen LogP) is 1.30. The van der Waals surface area contributed by atoms with Gasteiger partial charge in [0, 0.05) is 45.8 Å². The van der Waals surface area contributed by atoms with Crippen LogP contribution in [0.2, 0.25) is 0 Å². The van der Waals surface area contributed by atoms with Gasteiger partial charge in [0.1, 0.15) is 0 Å². The Morgan fingerprint density at radius 1 is 1.24 bits per heavy atom. The molecule has 102 valence electrons. The highest BCUT2D eigenvalue weighted by Gasteiger charge is 2.39. The van der Waals surface area contributed by atoms with Crippen LogP contribution in [-0.2, 0) is 9.47 Å². The van der Waals surface area contributed by atoms with Crippen LogP contribution in [0.3, 0.4) is 0 Å². The molecule has 2 N–H and O–H groups in total. The summed E-state index contributed by atoms with van der Waals surface area (Å²) in [5.74, 6) is 1.48. The van der Waals surface area contributed by atoms with Gasteiger partial charge in [0.2, 0.25) is 0 Å². The number of likely N-dealkylation sites (tertiary alicyclic amines) is 1. The minimum absolute atomic E-state index is 0.0320. The molecule has 0 saturated carbocycles. The molecule has 1 fully saturated rings. The van der Waals surface area contributed by atoms with Gasteiger partial charge >= 0.3 is 0 Å². The lowest BCUT2D eigenvalue weighted by Crippen LogP contribution is -2.53. The minimum Gasteiger partial charge on any atom is -0.356 e. The van der Waals surface area contributed by atoms with E-state index in [9.17, 15) is 0 Å². The molecule has 4 heteroatoms. The summed E-state index contributed by atoms with van der Waals surface area (Å²) in [6.45, 7) is 9.71. The van der Waals surface area contributed by atoms with Crippen LogP contribution in [0, 0.1) is 11.8 Å². The number of nitrogens with two attached hydrogens (primary N) is 1. The molecule has 0 bridgehead atoms. The highest BCUT2D eigenvalue weighted by Crippen LogP contribution is 2.31. The van der Waals surface area contributed by atoms with Gasteiger partial charge < -0.3 is 15.2 Å². The van der Waals surface area contributed by atoms with Gasteiger partial charge in [-0.2, -0.15) is 0 Å². The Morgan fingerprint density at radius 2 is 1.71 bits per heavy atom. The van der Waals surface area contributed by atoms with Crippen molar-refractivity contribution in [3.05, 3.63) is 0 Å². The van der Waals surface area contributed by atoms with Crippen molar-refractivity contribution >= 4 is 0 Å². The molecule has 3 atom stereocenters. The third-order valence-electron chi connectivity index (χ3n) is 4.32. The van der Waals surface area contributed by atoms with E-state index in [1.165, 1.54) is 0 Å². The monoisotopic (exact) mass is 244 g/mol. The molecule has 0 aromatic carbocycles. The SMILES string of the molecule is COC(CC(C)(CN)N1CC(C)C(C)C1)OC. The Kier molecular flexibility index (Phi) is 5.38. The molecule has 17 heavy (non-hydrogen) atoms. The number of methoxy groups -OCH3 is 2. The second-order valence-electron chi connectivity index (χ2n) is 5.67. The first kappa shape index (κ1) is 14.9. The van der Waals surface area contributed by atoms with Gasteiger partial charge in [0.15, 0.2) is 6.29 Å². The summed E-state index contributed by atoms with van der Waals surface area (Å²) in [7, 11) is 3.36. The first-order valence-corrected chi connectivity index (χ1v) is 6.47. The largest absolute Gasteiger partial charge is 0.356 e. The maximum Gasteiger partial charge on any atom is 0.158 e. The molecular formula is C13H28N2O2. The molecule has 0 aliphatic carbocycles.